The fraction of sp³-hybridized carbons (Fsp3) is 0.278. The van der Waals surface area contributed by atoms with Crippen molar-refractivity contribution in [3.05, 3.63) is 59.7 Å². The van der Waals surface area contributed by atoms with Gasteiger partial charge in [0.05, 0.1) is 42.8 Å². The van der Waals surface area contributed by atoms with E-state index in [-0.39, 0.29) is 14.3 Å². The molecule has 0 heterocycles. The molecule has 0 fully saturated rings. The number of methoxy groups -OCH3 is 2. The molecule has 0 aliphatic carbocycles. The van der Waals surface area contributed by atoms with E-state index in [1.165, 1.54) is 14.2 Å². The van der Waals surface area contributed by atoms with E-state index < -0.39 is 0 Å². The minimum Gasteiger partial charge on any atom is -0.496 e. The number of carbonyl (C=O) groups excluding carboxylic acids is 1. The lowest BCUT2D eigenvalue weighted by Gasteiger charge is -2.12. The summed E-state index contributed by atoms with van der Waals surface area (Å²) in [6.45, 7) is 1.31. The Labute approximate surface area is 143 Å². The van der Waals surface area contributed by atoms with Crippen LogP contribution in [0.5, 0.6) is 11.5 Å². The second-order valence-corrected chi connectivity index (χ2v) is 5.80. The van der Waals surface area contributed by atoms with Gasteiger partial charge in [0.15, 0.2) is 0 Å². The van der Waals surface area contributed by atoms with Crippen LogP contribution in [0.3, 0.4) is 0 Å². The molecular weight excluding hydrogens is 327 g/mol. The van der Waals surface area contributed by atoms with E-state index in [9.17, 15) is 4.79 Å². The first kappa shape index (κ1) is 18.4. The average Bonchev–Trinajstić information content (AvgIpc) is 2.64. The van der Waals surface area contributed by atoms with Crippen molar-refractivity contribution in [1.82, 2.24) is 0 Å². The largest absolute Gasteiger partial charge is 0.496 e. The molecule has 128 valence electrons. The normalized spacial score (nSPS) is 10.9. The maximum absolute atomic E-state index is 12.3. The van der Waals surface area contributed by atoms with Gasteiger partial charge in [0.25, 0.3) is 0 Å². The second kappa shape index (κ2) is 10.0. The third kappa shape index (κ3) is 5.31. The number of rotatable bonds is 10. The van der Waals surface area contributed by atoms with Crippen molar-refractivity contribution in [2.75, 3.05) is 27.4 Å². The Morgan fingerprint density at radius 3 is 2.21 bits per heavy atom. The lowest BCUT2D eigenvalue weighted by molar-refractivity contribution is 0.0912. The number of ether oxygens (including phenoxy) is 3. The zero-order chi connectivity index (χ0) is 17.2. The highest BCUT2D eigenvalue weighted by molar-refractivity contribution is 7.54. The molecule has 0 radical (unpaired) electrons. The summed E-state index contributed by atoms with van der Waals surface area (Å²) in [5.74, 6) is 0.964. The number of benzene rings is 2. The van der Waals surface area contributed by atoms with Crippen LogP contribution in [-0.4, -0.2) is 33.0 Å². The molecule has 0 spiro atoms. The van der Waals surface area contributed by atoms with Gasteiger partial charge in [-0.05, 0) is 17.7 Å². The van der Waals surface area contributed by atoms with E-state index in [2.05, 4.69) is 0 Å². The molecule has 0 amide bonds. The molecule has 2 aromatic carbocycles. The van der Waals surface area contributed by atoms with Gasteiger partial charge in [-0.25, -0.2) is 0 Å². The van der Waals surface area contributed by atoms with Gasteiger partial charge in [-0.2, -0.15) is 0 Å². The number of hydrogen-bond acceptors (Lipinski definition) is 5. The van der Waals surface area contributed by atoms with Crippen molar-refractivity contribution in [2.24, 2.45) is 0 Å². The van der Waals surface area contributed by atoms with Crippen molar-refractivity contribution in [2.45, 2.75) is 6.61 Å². The molecule has 24 heavy (non-hydrogen) atoms. The van der Waals surface area contributed by atoms with Crippen LogP contribution in [0.2, 0.25) is 0 Å². The summed E-state index contributed by atoms with van der Waals surface area (Å²) in [5.41, 5.74) is 1.35. The lowest BCUT2D eigenvalue weighted by Crippen LogP contribution is -2.04. The van der Waals surface area contributed by atoms with Crippen LogP contribution in [-0.2, 0) is 15.9 Å². The van der Waals surface area contributed by atoms with E-state index >= 15 is 0 Å². The summed E-state index contributed by atoms with van der Waals surface area (Å²) in [6.07, 6.45) is 0. The third-order valence-corrected chi connectivity index (χ3v) is 4.04. The predicted molar refractivity (Wildman–Crippen MR) is 94.2 cm³/mol. The van der Waals surface area contributed by atoms with Crippen molar-refractivity contribution in [1.29, 1.82) is 0 Å². The molecular formula is C18H21O5P. The maximum atomic E-state index is 12.3. The summed E-state index contributed by atoms with van der Waals surface area (Å²) in [6, 6.07) is 15.1. The first-order valence-corrected chi connectivity index (χ1v) is 8.42. The van der Waals surface area contributed by atoms with Crippen LogP contribution in [0.1, 0.15) is 15.9 Å². The molecule has 0 bridgehead atoms. The molecule has 0 N–H and O–H groups in total. The van der Waals surface area contributed by atoms with Crippen LogP contribution in [0.4, 0.5) is 0 Å². The highest BCUT2D eigenvalue weighted by Crippen LogP contribution is 2.34. The lowest BCUT2D eigenvalue weighted by atomic mass is 10.2. The first-order valence-electron chi connectivity index (χ1n) is 7.51. The third-order valence-electron chi connectivity index (χ3n) is 3.26. The molecule has 2 aromatic rings. The fourth-order valence-corrected chi connectivity index (χ4v) is 2.77. The van der Waals surface area contributed by atoms with Crippen molar-refractivity contribution in [3.8, 4) is 11.5 Å². The van der Waals surface area contributed by atoms with E-state index in [0.717, 1.165) is 5.56 Å². The van der Waals surface area contributed by atoms with Gasteiger partial charge in [-0.15, -0.1) is 0 Å². The van der Waals surface area contributed by atoms with E-state index in [1.54, 1.807) is 18.2 Å². The molecule has 0 saturated carbocycles. The summed E-state index contributed by atoms with van der Waals surface area (Å²) in [7, 11) is 2.72. The molecule has 0 aliphatic rings. The second-order valence-electron chi connectivity index (χ2n) is 4.86. The van der Waals surface area contributed by atoms with Gasteiger partial charge in [0.1, 0.15) is 17.1 Å². The molecule has 1 atom stereocenters. The monoisotopic (exact) mass is 348 g/mol. The van der Waals surface area contributed by atoms with Crippen molar-refractivity contribution >= 4 is 14.3 Å². The van der Waals surface area contributed by atoms with Gasteiger partial charge in [-0.3, -0.25) is 4.79 Å². The topological polar surface area (TPSA) is 54.0 Å². The summed E-state index contributed by atoms with van der Waals surface area (Å²) >= 11 is 0. The van der Waals surface area contributed by atoms with Crippen LogP contribution in [0.15, 0.2) is 48.5 Å². The van der Waals surface area contributed by atoms with Gasteiger partial charge < -0.3 is 18.7 Å². The highest BCUT2D eigenvalue weighted by atomic mass is 31.1. The first-order chi connectivity index (χ1) is 11.8. The number of carbonyl (C=O) groups is 1. The zero-order valence-corrected chi connectivity index (χ0v) is 14.8. The standard InChI is InChI=1S/C18H21O5P/c1-20-15-9-6-10-16(21-2)17(15)18(19)24-23-12-11-22-13-14-7-4-3-5-8-14/h3-10,24H,11-13H2,1-2H3. The van der Waals surface area contributed by atoms with Crippen LogP contribution >= 0.6 is 8.81 Å². The zero-order valence-electron chi connectivity index (χ0n) is 13.8. The highest BCUT2D eigenvalue weighted by Gasteiger charge is 2.18. The van der Waals surface area contributed by atoms with Gasteiger partial charge in [0.2, 0.25) is 5.52 Å². The number of hydrogen-bond donors (Lipinski definition) is 0. The maximum Gasteiger partial charge on any atom is 0.215 e. The summed E-state index contributed by atoms with van der Waals surface area (Å²) in [4.78, 5) is 12.3. The van der Waals surface area contributed by atoms with Crippen molar-refractivity contribution < 1.29 is 23.5 Å². The van der Waals surface area contributed by atoms with E-state index in [0.29, 0.717) is 36.9 Å². The fourth-order valence-electron chi connectivity index (χ4n) is 2.11. The Balaban J connectivity index is 1.75. The summed E-state index contributed by atoms with van der Waals surface area (Å²) < 4.78 is 21.4. The van der Waals surface area contributed by atoms with Crippen LogP contribution in [0, 0.1) is 0 Å². The summed E-state index contributed by atoms with van der Waals surface area (Å²) in [5, 5.41) is 0. The van der Waals surface area contributed by atoms with Crippen molar-refractivity contribution in [3.63, 3.8) is 0 Å². The molecule has 0 aromatic heterocycles. The molecule has 5 nitrogen and oxygen atoms in total. The minimum absolute atomic E-state index is 0.160. The molecule has 0 saturated heterocycles. The Hall–Kier alpha value is -1.94. The molecule has 2 rings (SSSR count). The van der Waals surface area contributed by atoms with E-state index in [4.69, 9.17) is 18.7 Å². The quantitative estimate of drug-likeness (QED) is 0.484. The predicted octanol–water partition coefficient (Wildman–Crippen LogP) is 3.67. The molecule has 6 heteroatoms. The Bertz CT molecular complexity index is 623. The smallest absolute Gasteiger partial charge is 0.215 e. The van der Waals surface area contributed by atoms with Crippen LogP contribution in [0.25, 0.3) is 0 Å². The molecule has 1 unspecified atom stereocenters. The van der Waals surface area contributed by atoms with Gasteiger partial charge >= 0.3 is 0 Å². The Morgan fingerprint density at radius 1 is 0.917 bits per heavy atom. The Morgan fingerprint density at radius 2 is 1.58 bits per heavy atom. The van der Waals surface area contributed by atoms with Gasteiger partial charge in [0, 0.05) is 0 Å². The average molecular weight is 348 g/mol. The van der Waals surface area contributed by atoms with E-state index in [1.807, 2.05) is 30.3 Å². The minimum atomic E-state index is -0.319. The van der Waals surface area contributed by atoms with Gasteiger partial charge in [-0.1, -0.05) is 36.4 Å². The Kier molecular flexibility index (Phi) is 7.69. The molecule has 0 aliphatic heterocycles. The SMILES string of the molecule is COc1cccc(OC)c1C(=O)POCCOCc1ccccc1. The van der Waals surface area contributed by atoms with Crippen LogP contribution < -0.4 is 9.47 Å².